The fraction of sp³-hybridized carbons (Fsp3) is 0.185. The Kier molecular flexibility index (Phi) is 7.05. The van der Waals surface area contributed by atoms with E-state index < -0.39 is 17.7 Å². The van der Waals surface area contributed by atoms with Gasteiger partial charge >= 0.3 is 0 Å². The Morgan fingerprint density at radius 1 is 1.00 bits per heavy atom. The van der Waals surface area contributed by atoms with E-state index in [1.165, 1.54) is 4.90 Å². The molecule has 8 heteroatoms. The molecule has 0 aromatic heterocycles. The number of hydrogen-bond donors (Lipinski definition) is 1. The maximum absolute atomic E-state index is 13.3. The number of rotatable bonds is 6. The molecule has 0 spiro atoms. The molecule has 1 atom stereocenters. The van der Waals surface area contributed by atoms with E-state index in [1.54, 1.807) is 67.8 Å². The third-order valence-corrected chi connectivity index (χ3v) is 6.53. The number of Topliss-reactive ketones (excluding diaryl/α,β-unsaturated/α-hetero) is 1. The summed E-state index contributed by atoms with van der Waals surface area (Å²) in [6, 6.07) is 15.9. The van der Waals surface area contributed by atoms with Crippen LogP contribution in [0.2, 0.25) is 10.0 Å². The average Bonchev–Trinajstić information content (AvgIpc) is 3.12. The van der Waals surface area contributed by atoms with Gasteiger partial charge in [0.15, 0.2) is 0 Å². The summed E-state index contributed by atoms with van der Waals surface area (Å²) >= 11 is 12.5. The van der Waals surface area contributed by atoms with Gasteiger partial charge in [-0.1, -0.05) is 41.4 Å². The van der Waals surface area contributed by atoms with Crippen molar-refractivity contribution in [2.24, 2.45) is 0 Å². The quantitative estimate of drug-likeness (QED) is 0.237. The maximum atomic E-state index is 13.3. The number of ether oxygens (including phenoxy) is 2. The zero-order valence-electron chi connectivity index (χ0n) is 19.3. The molecule has 0 saturated carbocycles. The molecule has 35 heavy (non-hydrogen) atoms. The molecule has 1 aliphatic heterocycles. The van der Waals surface area contributed by atoms with Crippen LogP contribution in [-0.2, 0) is 9.59 Å². The van der Waals surface area contributed by atoms with Gasteiger partial charge in [0, 0.05) is 16.3 Å². The highest BCUT2D eigenvalue weighted by atomic mass is 35.5. The van der Waals surface area contributed by atoms with E-state index in [0.29, 0.717) is 45.0 Å². The molecule has 0 bridgehead atoms. The van der Waals surface area contributed by atoms with Gasteiger partial charge in [0.2, 0.25) is 0 Å². The Morgan fingerprint density at radius 3 is 2.34 bits per heavy atom. The molecule has 3 aromatic rings. The van der Waals surface area contributed by atoms with Gasteiger partial charge in [0.05, 0.1) is 30.4 Å². The maximum Gasteiger partial charge on any atom is 0.300 e. The molecule has 1 unspecified atom stereocenters. The van der Waals surface area contributed by atoms with Crippen molar-refractivity contribution in [2.75, 3.05) is 18.6 Å². The first kappa shape index (κ1) is 24.6. The topological polar surface area (TPSA) is 76.1 Å². The number of hydrogen-bond acceptors (Lipinski definition) is 5. The lowest BCUT2D eigenvalue weighted by Gasteiger charge is -2.26. The zero-order chi connectivity index (χ0) is 25.3. The molecule has 1 fully saturated rings. The summed E-state index contributed by atoms with van der Waals surface area (Å²) in [7, 11) is 1.55. The highest BCUT2D eigenvalue weighted by Crippen LogP contribution is 2.43. The SMILES string of the molecule is CCOc1cc(/C(O)=C2\C(=O)C(=O)N(c3ccc(C)c(Cl)c3)C2c2ccc(OC)cc2)ccc1Cl. The smallest absolute Gasteiger partial charge is 0.300 e. The van der Waals surface area contributed by atoms with Gasteiger partial charge in [-0.05, 0) is 67.4 Å². The van der Waals surface area contributed by atoms with Crippen LogP contribution in [0.4, 0.5) is 5.69 Å². The highest BCUT2D eigenvalue weighted by Gasteiger charge is 2.47. The molecule has 1 saturated heterocycles. The number of aliphatic hydroxyl groups excluding tert-OH is 1. The molecule has 0 aliphatic carbocycles. The lowest BCUT2D eigenvalue weighted by molar-refractivity contribution is -0.132. The molecule has 1 amide bonds. The third kappa shape index (κ3) is 4.59. The fourth-order valence-corrected chi connectivity index (χ4v) is 4.35. The number of amides is 1. The molecule has 0 radical (unpaired) electrons. The van der Waals surface area contributed by atoms with Gasteiger partial charge in [-0.2, -0.15) is 0 Å². The van der Waals surface area contributed by atoms with E-state index in [1.807, 2.05) is 13.8 Å². The van der Waals surface area contributed by atoms with Gasteiger partial charge in [-0.3, -0.25) is 14.5 Å². The van der Waals surface area contributed by atoms with Crippen LogP contribution >= 0.6 is 23.2 Å². The van der Waals surface area contributed by atoms with Crippen molar-refractivity contribution in [1.82, 2.24) is 0 Å². The average molecular weight is 512 g/mol. The van der Waals surface area contributed by atoms with Crippen molar-refractivity contribution in [3.63, 3.8) is 0 Å². The number of aryl methyl sites for hydroxylation is 1. The standard InChI is InChI=1S/C27H23Cl2NO5/c1-4-35-22-13-17(8-12-20(22)28)25(31)23-24(16-6-10-19(34-3)11-7-16)30(27(33)26(23)32)18-9-5-15(2)21(29)14-18/h5-14,24,31H,4H2,1-3H3/b25-23+. The predicted octanol–water partition coefficient (Wildman–Crippen LogP) is 6.34. The largest absolute Gasteiger partial charge is 0.507 e. The number of anilines is 1. The monoisotopic (exact) mass is 511 g/mol. The number of benzene rings is 3. The fourth-order valence-electron chi connectivity index (χ4n) is 4.00. The number of nitrogens with zero attached hydrogens (tertiary/aromatic N) is 1. The van der Waals surface area contributed by atoms with Crippen LogP contribution in [0.25, 0.3) is 5.76 Å². The lowest BCUT2D eigenvalue weighted by Crippen LogP contribution is -2.29. The Labute approximate surface area is 213 Å². The molecule has 6 nitrogen and oxygen atoms in total. The van der Waals surface area contributed by atoms with Gasteiger partial charge in [0.25, 0.3) is 11.7 Å². The predicted molar refractivity (Wildman–Crippen MR) is 137 cm³/mol. The van der Waals surface area contributed by atoms with Crippen molar-refractivity contribution in [2.45, 2.75) is 19.9 Å². The second-order valence-electron chi connectivity index (χ2n) is 7.95. The molecule has 4 rings (SSSR count). The Hall–Kier alpha value is -3.48. The minimum Gasteiger partial charge on any atom is -0.507 e. The van der Waals surface area contributed by atoms with Gasteiger partial charge < -0.3 is 14.6 Å². The van der Waals surface area contributed by atoms with E-state index >= 15 is 0 Å². The summed E-state index contributed by atoms with van der Waals surface area (Å²) in [6.45, 7) is 4.02. The van der Waals surface area contributed by atoms with Gasteiger partial charge in [0.1, 0.15) is 17.3 Å². The lowest BCUT2D eigenvalue weighted by atomic mass is 9.95. The first-order valence-corrected chi connectivity index (χ1v) is 11.7. The molecule has 180 valence electrons. The molecular weight excluding hydrogens is 489 g/mol. The third-order valence-electron chi connectivity index (χ3n) is 5.81. The van der Waals surface area contributed by atoms with Gasteiger partial charge in [-0.15, -0.1) is 0 Å². The molecule has 1 aliphatic rings. The second kappa shape index (κ2) is 10.0. The van der Waals surface area contributed by atoms with Crippen LogP contribution < -0.4 is 14.4 Å². The molecular formula is C27H23Cl2NO5. The molecule has 1 N–H and O–H groups in total. The van der Waals surface area contributed by atoms with Crippen LogP contribution in [0.15, 0.2) is 66.2 Å². The van der Waals surface area contributed by atoms with E-state index in [0.717, 1.165) is 5.56 Å². The van der Waals surface area contributed by atoms with Crippen molar-refractivity contribution < 1.29 is 24.2 Å². The zero-order valence-corrected chi connectivity index (χ0v) is 20.9. The summed E-state index contributed by atoms with van der Waals surface area (Å²) in [5.74, 6) is -0.941. The van der Waals surface area contributed by atoms with E-state index in [9.17, 15) is 14.7 Å². The van der Waals surface area contributed by atoms with Crippen LogP contribution in [0.3, 0.4) is 0 Å². The van der Waals surface area contributed by atoms with E-state index in [2.05, 4.69) is 0 Å². The summed E-state index contributed by atoms with van der Waals surface area (Å²) < 4.78 is 10.8. The summed E-state index contributed by atoms with van der Waals surface area (Å²) in [4.78, 5) is 28.0. The van der Waals surface area contributed by atoms with Crippen molar-refractivity contribution in [3.05, 3.63) is 93.0 Å². The minimum atomic E-state index is -0.897. The number of carbonyl (C=O) groups is 2. The first-order chi connectivity index (χ1) is 16.8. The Balaban J connectivity index is 1.93. The number of aliphatic hydroxyl groups is 1. The van der Waals surface area contributed by atoms with Crippen LogP contribution in [-0.4, -0.2) is 30.5 Å². The van der Waals surface area contributed by atoms with Gasteiger partial charge in [-0.25, -0.2) is 0 Å². The summed E-state index contributed by atoms with van der Waals surface area (Å²) in [5, 5.41) is 12.1. The van der Waals surface area contributed by atoms with Crippen molar-refractivity contribution in [1.29, 1.82) is 0 Å². The Bertz CT molecular complexity index is 1330. The van der Waals surface area contributed by atoms with Crippen LogP contribution in [0.1, 0.15) is 29.7 Å². The number of methoxy groups -OCH3 is 1. The van der Waals surface area contributed by atoms with Crippen molar-refractivity contribution >= 4 is 46.3 Å². The highest BCUT2D eigenvalue weighted by molar-refractivity contribution is 6.52. The summed E-state index contributed by atoms with van der Waals surface area (Å²) in [6.07, 6.45) is 0. The van der Waals surface area contributed by atoms with Crippen LogP contribution in [0, 0.1) is 6.92 Å². The number of halogens is 2. The number of ketones is 1. The Morgan fingerprint density at radius 2 is 1.71 bits per heavy atom. The molecule has 3 aromatic carbocycles. The normalized spacial score (nSPS) is 17.1. The van der Waals surface area contributed by atoms with E-state index in [-0.39, 0.29) is 11.3 Å². The van der Waals surface area contributed by atoms with E-state index in [4.69, 9.17) is 32.7 Å². The minimum absolute atomic E-state index is 0.0540. The van der Waals surface area contributed by atoms with Crippen LogP contribution in [0.5, 0.6) is 11.5 Å². The van der Waals surface area contributed by atoms with Crippen molar-refractivity contribution in [3.8, 4) is 11.5 Å². The second-order valence-corrected chi connectivity index (χ2v) is 8.77. The first-order valence-electron chi connectivity index (χ1n) is 10.9. The molecule has 1 heterocycles. The summed E-state index contributed by atoms with van der Waals surface area (Å²) in [5.41, 5.74) is 2.13. The number of carbonyl (C=O) groups excluding carboxylic acids is 2.